The van der Waals surface area contributed by atoms with Crippen LogP contribution in [0.1, 0.15) is 39.4 Å². The van der Waals surface area contributed by atoms with E-state index in [-0.39, 0.29) is 0 Å². The van der Waals surface area contributed by atoms with Gasteiger partial charge in [0.05, 0.1) is 0 Å². The Morgan fingerprint density at radius 1 is 1.05 bits per heavy atom. The molecule has 0 aliphatic rings. The monoisotopic (exact) mass is 268 g/mol. The molecule has 0 bridgehead atoms. The highest BCUT2D eigenvalue weighted by atomic mass is 14.9. The maximum atomic E-state index is 4.19. The first-order valence-corrected chi connectivity index (χ1v) is 7.17. The molecule has 1 atom stereocenters. The number of pyridine rings is 1. The van der Waals surface area contributed by atoms with Crippen LogP contribution in [0.3, 0.4) is 0 Å². The Hall–Kier alpha value is -1.67. The van der Waals surface area contributed by atoms with E-state index in [0.717, 1.165) is 6.42 Å². The fourth-order valence-corrected chi connectivity index (χ4v) is 2.98. The third kappa shape index (κ3) is 3.07. The lowest BCUT2D eigenvalue weighted by Gasteiger charge is -2.21. The van der Waals surface area contributed by atoms with E-state index in [1.54, 1.807) is 0 Å². The number of nitrogens with zero attached hydrogens (tertiary/aromatic N) is 1. The summed E-state index contributed by atoms with van der Waals surface area (Å²) in [5.74, 6) is 0. The van der Waals surface area contributed by atoms with Crippen LogP contribution < -0.4 is 5.32 Å². The smallest absolute Gasteiger partial charge is 0.0362 e. The first-order chi connectivity index (χ1) is 9.52. The highest BCUT2D eigenvalue weighted by molar-refractivity contribution is 5.39. The van der Waals surface area contributed by atoms with Gasteiger partial charge in [0.25, 0.3) is 0 Å². The van der Waals surface area contributed by atoms with Gasteiger partial charge in [0.15, 0.2) is 0 Å². The number of likely N-dealkylation sites (N-methyl/N-ethyl adjacent to an activating group) is 1. The van der Waals surface area contributed by atoms with Crippen LogP contribution in [0.25, 0.3) is 0 Å². The quantitative estimate of drug-likeness (QED) is 0.912. The largest absolute Gasteiger partial charge is 0.313 e. The number of aryl methyl sites for hydroxylation is 4. The molecule has 0 amide bonds. The van der Waals surface area contributed by atoms with Gasteiger partial charge in [0, 0.05) is 18.4 Å². The van der Waals surface area contributed by atoms with Crippen molar-refractivity contribution in [1.82, 2.24) is 10.3 Å². The summed E-state index contributed by atoms with van der Waals surface area (Å²) in [5.41, 5.74) is 8.14. The van der Waals surface area contributed by atoms with Crippen LogP contribution in [-0.2, 0) is 6.42 Å². The number of hydrogen-bond donors (Lipinski definition) is 1. The Morgan fingerprint density at radius 2 is 1.70 bits per heavy atom. The van der Waals surface area contributed by atoms with Crippen molar-refractivity contribution in [2.75, 3.05) is 7.05 Å². The van der Waals surface area contributed by atoms with Crippen LogP contribution >= 0.6 is 0 Å². The molecule has 1 unspecified atom stereocenters. The number of benzene rings is 1. The average molecular weight is 268 g/mol. The number of rotatable bonds is 4. The van der Waals surface area contributed by atoms with Gasteiger partial charge < -0.3 is 5.32 Å². The topological polar surface area (TPSA) is 24.9 Å². The van der Waals surface area contributed by atoms with Crippen molar-refractivity contribution < 1.29 is 0 Å². The summed E-state index contributed by atoms with van der Waals surface area (Å²) in [6.07, 6.45) is 4.83. The molecule has 0 aliphatic heterocycles. The third-order valence-corrected chi connectivity index (χ3v) is 4.04. The molecule has 0 spiro atoms. The second-order valence-electron chi connectivity index (χ2n) is 5.65. The highest BCUT2D eigenvalue weighted by Gasteiger charge is 2.15. The molecule has 1 aromatic carbocycles. The Bertz CT molecular complexity index is 579. The van der Waals surface area contributed by atoms with E-state index in [0.29, 0.717) is 6.04 Å². The number of hydrogen-bond acceptors (Lipinski definition) is 2. The van der Waals surface area contributed by atoms with Crippen molar-refractivity contribution in [3.05, 3.63) is 64.0 Å². The van der Waals surface area contributed by atoms with Gasteiger partial charge in [-0.25, -0.2) is 0 Å². The minimum absolute atomic E-state index is 0.332. The molecule has 1 N–H and O–H groups in total. The Balaban J connectivity index is 2.35. The molecular weight excluding hydrogens is 244 g/mol. The molecule has 0 radical (unpaired) electrons. The molecule has 2 heteroatoms. The minimum Gasteiger partial charge on any atom is -0.313 e. The van der Waals surface area contributed by atoms with Crippen LogP contribution in [0.2, 0.25) is 0 Å². The van der Waals surface area contributed by atoms with Crippen molar-refractivity contribution in [3.8, 4) is 0 Å². The molecule has 2 rings (SSSR count). The lowest BCUT2D eigenvalue weighted by atomic mass is 9.91. The molecule has 0 saturated carbocycles. The standard InChI is InChI=1S/C18H24N2/c1-12-8-13(2)17(14(3)9-12)10-18(19-5)16-6-7-20-11-15(16)4/h6-9,11,18-19H,10H2,1-5H3. The van der Waals surface area contributed by atoms with Crippen LogP contribution in [0, 0.1) is 27.7 Å². The fraction of sp³-hybridized carbons (Fsp3) is 0.389. The summed E-state index contributed by atoms with van der Waals surface area (Å²) in [5, 5.41) is 3.45. The summed E-state index contributed by atoms with van der Waals surface area (Å²) in [6.45, 7) is 8.71. The Labute approximate surface area is 122 Å². The maximum Gasteiger partial charge on any atom is 0.0362 e. The van der Waals surface area contributed by atoms with E-state index in [9.17, 15) is 0 Å². The molecule has 106 valence electrons. The molecule has 0 fully saturated rings. The summed E-state index contributed by atoms with van der Waals surface area (Å²) < 4.78 is 0. The molecule has 1 aromatic heterocycles. The SMILES string of the molecule is CNC(Cc1c(C)cc(C)cc1C)c1ccncc1C. The van der Waals surface area contributed by atoms with Crippen molar-refractivity contribution in [3.63, 3.8) is 0 Å². The van der Waals surface area contributed by atoms with E-state index in [1.807, 2.05) is 19.4 Å². The highest BCUT2D eigenvalue weighted by Crippen LogP contribution is 2.25. The summed E-state index contributed by atoms with van der Waals surface area (Å²) >= 11 is 0. The van der Waals surface area contributed by atoms with Gasteiger partial charge in [0.2, 0.25) is 0 Å². The minimum atomic E-state index is 0.332. The number of aromatic nitrogens is 1. The van der Waals surface area contributed by atoms with Gasteiger partial charge in [-0.05, 0) is 75.0 Å². The summed E-state index contributed by atoms with van der Waals surface area (Å²) in [6, 6.07) is 7.00. The Morgan fingerprint density at radius 3 is 2.25 bits per heavy atom. The molecule has 2 aromatic rings. The summed E-state index contributed by atoms with van der Waals surface area (Å²) in [7, 11) is 2.03. The zero-order chi connectivity index (χ0) is 14.7. The van der Waals surface area contributed by atoms with Crippen LogP contribution in [0.4, 0.5) is 0 Å². The van der Waals surface area contributed by atoms with Crippen molar-refractivity contribution >= 4 is 0 Å². The number of nitrogens with one attached hydrogen (secondary N) is 1. The molecule has 0 saturated heterocycles. The van der Waals surface area contributed by atoms with Crippen LogP contribution in [0.15, 0.2) is 30.6 Å². The predicted octanol–water partition coefficient (Wildman–Crippen LogP) is 3.82. The van der Waals surface area contributed by atoms with Crippen molar-refractivity contribution in [2.24, 2.45) is 0 Å². The van der Waals surface area contributed by atoms with Gasteiger partial charge in [-0.1, -0.05) is 17.7 Å². The normalized spacial score (nSPS) is 12.4. The fourth-order valence-electron chi connectivity index (χ4n) is 2.98. The second kappa shape index (κ2) is 6.19. The van der Waals surface area contributed by atoms with E-state index in [1.165, 1.54) is 33.4 Å². The van der Waals surface area contributed by atoms with Crippen LogP contribution in [-0.4, -0.2) is 12.0 Å². The van der Waals surface area contributed by atoms with Crippen molar-refractivity contribution in [2.45, 2.75) is 40.2 Å². The van der Waals surface area contributed by atoms with Gasteiger partial charge in [-0.3, -0.25) is 4.98 Å². The molecular formula is C18H24N2. The summed E-state index contributed by atoms with van der Waals surface area (Å²) in [4.78, 5) is 4.19. The predicted molar refractivity (Wildman–Crippen MR) is 85.1 cm³/mol. The van der Waals surface area contributed by atoms with Crippen LogP contribution in [0.5, 0.6) is 0 Å². The molecule has 20 heavy (non-hydrogen) atoms. The van der Waals surface area contributed by atoms with E-state index >= 15 is 0 Å². The van der Waals surface area contributed by atoms with Gasteiger partial charge in [-0.15, -0.1) is 0 Å². The lowest BCUT2D eigenvalue weighted by molar-refractivity contribution is 0.585. The zero-order valence-corrected chi connectivity index (χ0v) is 13.1. The molecule has 0 aliphatic carbocycles. The lowest BCUT2D eigenvalue weighted by Crippen LogP contribution is -2.20. The van der Waals surface area contributed by atoms with Gasteiger partial charge in [0.1, 0.15) is 0 Å². The first-order valence-electron chi connectivity index (χ1n) is 7.17. The van der Waals surface area contributed by atoms with Gasteiger partial charge >= 0.3 is 0 Å². The Kier molecular flexibility index (Phi) is 4.56. The maximum absolute atomic E-state index is 4.19. The van der Waals surface area contributed by atoms with Crippen molar-refractivity contribution in [1.29, 1.82) is 0 Å². The first kappa shape index (κ1) is 14.7. The molecule has 2 nitrogen and oxygen atoms in total. The molecule has 1 heterocycles. The van der Waals surface area contributed by atoms with E-state index < -0.39 is 0 Å². The van der Waals surface area contributed by atoms with E-state index in [4.69, 9.17) is 0 Å². The third-order valence-electron chi connectivity index (χ3n) is 4.04. The van der Waals surface area contributed by atoms with E-state index in [2.05, 4.69) is 56.2 Å². The van der Waals surface area contributed by atoms with Gasteiger partial charge in [-0.2, -0.15) is 0 Å². The zero-order valence-electron chi connectivity index (χ0n) is 13.1. The average Bonchev–Trinajstić information content (AvgIpc) is 2.39. The second-order valence-corrected chi connectivity index (χ2v) is 5.65.